The van der Waals surface area contributed by atoms with E-state index in [1.807, 2.05) is 18.2 Å². The van der Waals surface area contributed by atoms with Gasteiger partial charge in [-0.25, -0.2) is 18.1 Å². The van der Waals surface area contributed by atoms with Crippen LogP contribution in [-0.2, 0) is 16.6 Å². The van der Waals surface area contributed by atoms with Gasteiger partial charge in [-0.05, 0) is 90.4 Å². The fourth-order valence-corrected chi connectivity index (χ4v) is 8.79. The van der Waals surface area contributed by atoms with Crippen molar-refractivity contribution in [2.24, 2.45) is 5.41 Å². The van der Waals surface area contributed by atoms with Gasteiger partial charge in [0.05, 0.1) is 34.1 Å². The highest BCUT2D eigenvalue weighted by atomic mass is 35.5. The Morgan fingerprint density at radius 2 is 1.82 bits per heavy atom. The van der Waals surface area contributed by atoms with E-state index in [0.717, 1.165) is 67.1 Å². The molecule has 0 bridgehead atoms. The van der Waals surface area contributed by atoms with E-state index in [1.54, 1.807) is 30.5 Å². The number of sulfonamides is 1. The number of nitrogens with one attached hydrogen (secondary N) is 2. The minimum atomic E-state index is -4.60. The highest BCUT2D eigenvalue weighted by molar-refractivity contribution is 7.90. The Morgan fingerprint density at radius 1 is 1.02 bits per heavy atom. The number of furan rings is 1. The predicted octanol–water partition coefficient (Wildman–Crippen LogP) is 8.99. The molecule has 14 nitrogen and oxygen atoms in total. The summed E-state index contributed by atoms with van der Waals surface area (Å²) in [5, 5.41) is 13.4. The van der Waals surface area contributed by atoms with E-state index in [4.69, 9.17) is 25.5 Å². The zero-order chi connectivity index (χ0) is 42.0. The molecule has 4 heterocycles. The molecule has 16 heteroatoms. The Hall–Kier alpha value is -6.16. The first-order valence-electron chi connectivity index (χ1n) is 19.5. The molecule has 60 heavy (non-hydrogen) atoms. The summed E-state index contributed by atoms with van der Waals surface area (Å²) in [6.07, 6.45) is 9.30. The second-order valence-corrected chi connectivity index (χ2v) is 17.9. The number of H-pyrrole nitrogens is 1. The topological polar surface area (TPSA) is 173 Å². The predicted molar refractivity (Wildman–Crippen MR) is 228 cm³/mol. The number of hydrogen-bond donors (Lipinski definition) is 2. The Labute approximate surface area is 352 Å². The zero-order valence-corrected chi connectivity index (χ0v) is 34.6. The number of fused-ring (bicyclic) bond motifs is 1. The van der Waals surface area contributed by atoms with E-state index in [-0.39, 0.29) is 29.1 Å². The first-order chi connectivity index (χ1) is 28.8. The number of benzene rings is 3. The van der Waals surface area contributed by atoms with E-state index < -0.39 is 31.4 Å². The van der Waals surface area contributed by atoms with E-state index >= 15 is 0 Å². The molecule has 0 atom stereocenters. The van der Waals surface area contributed by atoms with Gasteiger partial charge in [0.2, 0.25) is 0 Å². The highest BCUT2D eigenvalue weighted by Crippen LogP contribution is 2.43. The number of amides is 1. The van der Waals surface area contributed by atoms with Crippen molar-refractivity contribution in [2.45, 2.75) is 44.6 Å². The van der Waals surface area contributed by atoms with Gasteiger partial charge in [0.25, 0.3) is 15.9 Å². The Balaban J connectivity index is 1.01. The van der Waals surface area contributed by atoms with E-state index in [0.29, 0.717) is 30.0 Å². The second kappa shape index (κ2) is 16.8. The van der Waals surface area contributed by atoms with Crippen molar-refractivity contribution in [3.8, 4) is 17.2 Å². The molecule has 6 aromatic rings. The third-order valence-electron chi connectivity index (χ3n) is 11.0. The number of nitrogens with zero attached hydrogens (tertiary/aromatic N) is 4. The number of rotatable bonds is 13. The van der Waals surface area contributed by atoms with Crippen LogP contribution in [-0.4, -0.2) is 66.8 Å². The van der Waals surface area contributed by atoms with Crippen molar-refractivity contribution in [2.75, 3.05) is 37.6 Å². The molecule has 310 valence electrons. The van der Waals surface area contributed by atoms with Gasteiger partial charge < -0.3 is 23.8 Å². The normalized spacial score (nSPS) is 15.9. The fourth-order valence-electron chi connectivity index (χ4n) is 7.68. The number of aromatic amines is 1. The number of anilines is 1. The summed E-state index contributed by atoms with van der Waals surface area (Å²) in [4.78, 5) is 36.7. The maximum absolute atomic E-state index is 13.9. The van der Waals surface area contributed by atoms with Crippen molar-refractivity contribution >= 4 is 55.5 Å². The SMILES string of the molecule is CC1(C)CCC(CN2CCN(c3ccc(C(=O)NS(=O)(=O)c4ccc(OCc5ccoc5)c([N+](=O)[O-])c4)c(Oc4cnc5[nH]ccc5c4)c3)CC2)=C(c2ccc(Cl)cc2)C1. The molecular formula is C44H43ClN6O8S. The number of nitro groups is 1. The Bertz CT molecular complexity index is 2690. The largest absolute Gasteiger partial charge is 0.482 e. The van der Waals surface area contributed by atoms with Gasteiger partial charge in [-0.1, -0.05) is 43.2 Å². The van der Waals surface area contributed by atoms with Crippen molar-refractivity contribution in [1.82, 2.24) is 19.6 Å². The summed E-state index contributed by atoms with van der Waals surface area (Å²) in [6.45, 7) is 8.54. The van der Waals surface area contributed by atoms with Crippen LogP contribution >= 0.6 is 11.6 Å². The van der Waals surface area contributed by atoms with Crippen LogP contribution < -0.4 is 19.1 Å². The fraction of sp³-hybridized carbons (Fsp3) is 0.273. The van der Waals surface area contributed by atoms with Crippen LogP contribution in [0.5, 0.6) is 17.2 Å². The molecule has 2 aliphatic rings. The maximum Gasteiger partial charge on any atom is 0.312 e. The van der Waals surface area contributed by atoms with Gasteiger partial charge >= 0.3 is 5.69 Å². The second-order valence-electron chi connectivity index (χ2n) is 15.8. The molecule has 3 aromatic heterocycles. The molecule has 1 aliphatic heterocycles. The number of carbonyl (C=O) groups excluding carboxylic acids is 1. The Kier molecular flexibility index (Phi) is 11.4. The van der Waals surface area contributed by atoms with E-state index in [9.17, 15) is 23.3 Å². The summed E-state index contributed by atoms with van der Waals surface area (Å²) in [5.41, 5.74) is 5.73. The number of carbonyl (C=O) groups is 1. The average molecular weight is 851 g/mol. The number of allylic oxidation sites excluding steroid dienone is 1. The summed E-state index contributed by atoms with van der Waals surface area (Å²) in [6, 6.07) is 21.5. The minimum Gasteiger partial charge on any atom is -0.482 e. The molecule has 3 aromatic carbocycles. The third kappa shape index (κ3) is 9.18. The van der Waals surface area contributed by atoms with Gasteiger partial charge in [-0.2, -0.15) is 0 Å². The molecule has 0 spiro atoms. The van der Waals surface area contributed by atoms with Crippen molar-refractivity contribution in [3.63, 3.8) is 0 Å². The van der Waals surface area contributed by atoms with Crippen LogP contribution in [0.3, 0.4) is 0 Å². The number of hydrogen-bond acceptors (Lipinski definition) is 11. The lowest BCUT2D eigenvalue weighted by Crippen LogP contribution is -2.47. The first kappa shape index (κ1) is 40.6. The molecule has 1 amide bonds. The number of halogens is 1. The maximum atomic E-state index is 13.9. The van der Waals surface area contributed by atoms with Crippen LogP contribution in [0.4, 0.5) is 11.4 Å². The molecule has 0 radical (unpaired) electrons. The average Bonchev–Trinajstić information content (AvgIpc) is 3.93. The van der Waals surface area contributed by atoms with Gasteiger partial charge in [0, 0.05) is 72.7 Å². The monoisotopic (exact) mass is 850 g/mol. The van der Waals surface area contributed by atoms with Crippen LogP contribution in [0, 0.1) is 15.5 Å². The molecule has 1 fully saturated rings. The summed E-state index contributed by atoms with van der Waals surface area (Å²) in [5.74, 6) is -0.691. The smallest absolute Gasteiger partial charge is 0.312 e. The number of aromatic nitrogens is 2. The number of pyridine rings is 1. The molecule has 8 rings (SSSR count). The van der Waals surface area contributed by atoms with Crippen LogP contribution in [0.2, 0.25) is 5.02 Å². The van der Waals surface area contributed by atoms with E-state index in [2.05, 4.69) is 50.5 Å². The Morgan fingerprint density at radius 3 is 2.57 bits per heavy atom. The lowest BCUT2D eigenvalue weighted by atomic mass is 9.72. The molecular weight excluding hydrogens is 808 g/mol. The summed E-state index contributed by atoms with van der Waals surface area (Å²) >= 11 is 6.23. The molecule has 0 saturated carbocycles. The van der Waals surface area contributed by atoms with Crippen molar-refractivity contribution < 1.29 is 32.0 Å². The summed E-state index contributed by atoms with van der Waals surface area (Å²) < 4.78 is 46.1. The quantitative estimate of drug-likeness (QED) is 0.0839. The van der Waals surface area contributed by atoms with E-state index in [1.165, 1.54) is 47.6 Å². The van der Waals surface area contributed by atoms with Crippen molar-refractivity contribution in [1.29, 1.82) is 0 Å². The number of ether oxygens (including phenoxy) is 2. The standard InChI is InChI=1S/C44H43ClN6O8S/c1-44(2)14-11-32(38(24-44)30-3-5-33(45)6-4-30)26-49-16-18-50(19-17-49)34-7-9-37(41(22-34)59-35-21-31-12-15-46-42(31)47-25-35)43(52)48-60(55,56)36-8-10-40(39(23-36)51(53)54)58-28-29-13-20-57-27-29/h3-10,12-13,15,20-23,25,27H,11,14,16-19,24,26,28H2,1-2H3,(H,46,47)(H,48,52). The lowest BCUT2D eigenvalue weighted by molar-refractivity contribution is -0.386. The molecule has 0 unspecified atom stereocenters. The highest BCUT2D eigenvalue weighted by Gasteiger charge is 2.30. The van der Waals surface area contributed by atoms with Crippen LogP contribution in [0.25, 0.3) is 16.6 Å². The minimum absolute atomic E-state index is 0.0377. The molecule has 1 aliphatic carbocycles. The van der Waals surface area contributed by atoms with Crippen LogP contribution in [0.1, 0.15) is 54.6 Å². The van der Waals surface area contributed by atoms with Gasteiger partial charge in [-0.15, -0.1) is 0 Å². The third-order valence-corrected chi connectivity index (χ3v) is 12.6. The first-order valence-corrected chi connectivity index (χ1v) is 21.3. The molecule has 1 saturated heterocycles. The zero-order valence-electron chi connectivity index (χ0n) is 33.0. The van der Waals surface area contributed by atoms with Crippen LogP contribution in [0.15, 0.2) is 119 Å². The van der Waals surface area contributed by atoms with Crippen molar-refractivity contribution in [3.05, 3.63) is 141 Å². The summed E-state index contributed by atoms with van der Waals surface area (Å²) in [7, 11) is -4.60. The van der Waals surface area contributed by atoms with Gasteiger partial charge in [0.1, 0.15) is 23.8 Å². The van der Waals surface area contributed by atoms with Gasteiger partial charge in [0.15, 0.2) is 5.75 Å². The number of piperazine rings is 1. The molecule has 2 N–H and O–H groups in total. The number of nitro benzene ring substituents is 1. The lowest BCUT2D eigenvalue weighted by Gasteiger charge is -2.39. The van der Waals surface area contributed by atoms with Gasteiger partial charge in [-0.3, -0.25) is 19.8 Å².